The van der Waals surface area contributed by atoms with E-state index >= 15 is 0 Å². The number of aryl methyl sites for hydroxylation is 1. The number of pyridine rings is 1. The van der Waals surface area contributed by atoms with Gasteiger partial charge in [0, 0.05) is 12.2 Å². The van der Waals surface area contributed by atoms with Gasteiger partial charge >= 0.3 is 0 Å². The summed E-state index contributed by atoms with van der Waals surface area (Å²) in [5.74, 6) is -0.139. The molecule has 1 aliphatic heterocycles. The highest BCUT2D eigenvalue weighted by molar-refractivity contribution is 5.96. The second-order valence-corrected chi connectivity index (χ2v) is 4.96. The van der Waals surface area contributed by atoms with Crippen LogP contribution >= 0.6 is 0 Å². The van der Waals surface area contributed by atoms with E-state index in [1.54, 1.807) is 12.3 Å². The van der Waals surface area contributed by atoms with Crippen molar-refractivity contribution in [1.82, 2.24) is 10.3 Å². The molecule has 0 saturated carbocycles. The zero-order valence-electron chi connectivity index (χ0n) is 11.3. The summed E-state index contributed by atoms with van der Waals surface area (Å²) in [6, 6.07) is 2.27. The summed E-state index contributed by atoms with van der Waals surface area (Å²) in [4.78, 5) is 15.5. The number of primary amides is 1. The summed E-state index contributed by atoms with van der Waals surface area (Å²) in [6.07, 6.45) is 6.27. The van der Waals surface area contributed by atoms with Gasteiger partial charge in [-0.25, -0.2) is 4.98 Å². The van der Waals surface area contributed by atoms with Gasteiger partial charge in [-0.1, -0.05) is 6.42 Å². The van der Waals surface area contributed by atoms with Gasteiger partial charge < -0.3 is 15.8 Å². The molecule has 5 nitrogen and oxygen atoms in total. The highest BCUT2D eigenvalue weighted by atomic mass is 16.5. The molecule has 1 fully saturated rings. The zero-order chi connectivity index (χ0) is 13.7. The number of carbonyl (C=O) groups excluding carboxylic acids is 1. The third-order valence-electron chi connectivity index (χ3n) is 3.49. The van der Waals surface area contributed by atoms with Gasteiger partial charge in [0.2, 0.25) is 5.88 Å². The topological polar surface area (TPSA) is 77.2 Å². The first-order chi connectivity index (χ1) is 9.18. The molecule has 0 spiro atoms. The standard InChI is InChI=1S/C14H21N3O2/c1-10-5-8-17-14(12(10)13(15)18)19-9-6-11-4-2-3-7-16-11/h5,8,11,16H,2-4,6-7,9H2,1H3,(H2,15,18). The van der Waals surface area contributed by atoms with Gasteiger partial charge in [-0.15, -0.1) is 0 Å². The molecule has 3 N–H and O–H groups in total. The molecule has 0 aliphatic carbocycles. The Morgan fingerprint density at radius 3 is 3.11 bits per heavy atom. The van der Waals surface area contributed by atoms with Crippen LogP contribution in [-0.2, 0) is 0 Å². The molecule has 1 aromatic heterocycles. The van der Waals surface area contributed by atoms with Crippen LogP contribution in [0.2, 0.25) is 0 Å². The number of aromatic nitrogens is 1. The summed E-state index contributed by atoms with van der Waals surface area (Å²) in [5, 5.41) is 3.46. The normalized spacial score (nSPS) is 19.1. The van der Waals surface area contributed by atoms with Gasteiger partial charge in [-0.05, 0) is 44.4 Å². The quantitative estimate of drug-likeness (QED) is 0.841. The Labute approximate surface area is 113 Å². The molecular weight excluding hydrogens is 242 g/mol. The summed E-state index contributed by atoms with van der Waals surface area (Å²) in [5.41, 5.74) is 6.55. The van der Waals surface area contributed by atoms with Gasteiger partial charge in [0.05, 0.1) is 6.61 Å². The molecule has 104 valence electrons. The number of ether oxygens (including phenoxy) is 1. The minimum absolute atomic E-state index is 0.350. The van der Waals surface area contributed by atoms with Crippen LogP contribution in [0.15, 0.2) is 12.3 Å². The second-order valence-electron chi connectivity index (χ2n) is 4.96. The first-order valence-corrected chi connectivity index (χ1v) is 6.80. The maximum Gasteiger partial charge on any atom is 0.254 e. The van der Waals surface area contributed by atoms with E-state index in [-0.39, 0.29) is 0 Å². The smallest absolute Gasteiger partial charge is 0.254 e. The number of rotatable bonds is 5. The fraction of sp³-hybridized carbons (Fsp3) is 0.571. The van der Waals surface area contributed by atoms with Gasteiger partial charge in [0.1, 0.15) is 5.56 Å². The summed E-state index contributed by atoms with van der Waals surface area (Å²) < 4.78 is 5.63. The molecule has 0 radical (unpaired) electrons. The first-order valence-electron chi connectivity index (χ1n) is 6.80. The summed E-state index contributed by atoms with van der Waals surface area (Å²) in [6.45, 7) is 3.46. The monoisotopic (exact) mass is 263 g/mol. The number of carbonyl (C=O) groups is 1. The number of nitrogens with two attached hydrogens (primary N) is 1. The van der Waals surface area contributed by atoms with Crippen LogP contribution in [0, 0.1) is 6.92 Å². The molecule has 1 aromatic rings. The molecule has 1 saturated heterocycles. The Morgan fingerprint density at radius 1 is 1.58 bits per heavy atom. The lowest BCUT2D eigenvalue weighted by Crippen LogP contribution is -2.35. The molecule has 0 aromatic carbocycles. The van der Waals surface area contributed by atoms with E-state index in [0.29, 0.717) is 24.1 Å². The Morgan fingerprint density at radius 2 is 2.42 bits per heavy atom. The van der Waals surface area contributed by atoms with Gasteiger partial charge in [0.25, 0.3) is 5.91 Å². The summed E-state index contributed by atoms with van der Waals surface area (Å²) in [7, 11) is 0. The Bertz CT molecular complexity index is 442. The Kier molecular flexibility index (Phi) is 4.74. The minimum atomic E-state index is -0.489. The maximum atomic E-state index is 11.4. The minimum Gasteiger partial charge on any atom is -0.477 e. The van der Waals surface area contributed by atoms with Crippen molar-refractivity contribution in [2.45, 2.75) is 38.6 Å². The molecule has 2 heterocycles. The van der Waals surface area contributed by atoms with Crippen LogP contribution in [0.4, 0.5) is 0 Å². The number of nitrogens with zero attached hydrogens (tertiary/aromatic N) is 1. The van der Waals surface area contributed by atoms with E-state index in [4.69, 9.17) is 10.5 Å². The van der Waals surface area contributed by atoms with E-state index < -0.39 is 5.91 Å². The molecule has 1 atom stereocenters. The number of amides is 1. The van der Waals surface area contributed by atoms with Crippen molar-refractivity contribution in [3.63, 3.8) is 0 Å². The SMILES string of the molecule is Cc1ccnc(OCCC2CCCCN2)c1C(N)=O. The number of hydrogen-bond acceptors (Lipinski definition) is 4. The Balaban J connectivity index is 1.92. The van der Waals surface area contributed by atoms with Gasteiger partial charge in [-0.3, -0.25) is 4.79 Å². The maximum absolute atomic E-state index is 11.4. The van der Waals surface area contributed by atoms with Crippen molar-refractivity contribution in [2.75, 3.05) is 13.2 Å². The van der Waals surface area contributed by atoms with E-state index in [2.05, 4.69) is 10.3 Å². The van der Waals surface area contributed by atoms with Crippen LogP contribution in [-0.4, -0.2) is 30.1 Å². The third-order valence-corrected chi connectivity index (χ3v) is 3.49. The van der Waals surface area contributed by atoms with Crippen molar-refractivity contribution in [3.8, 4) is 5.88 Å². The van der Waals surface area contributed by atoms with Crippen LogP contribution < -0.4 is 15.8 Å². The van der Waals surface area contributed by atoms with E-state index in [1.165, 1.54) is 19.3 Å². The van der Waals surface area contributed by atoms with E-state index in [1.807, 2.05) is 6.92 Å². The van der Waals surface area contributed by atoms with Crippen molar-refractivity contribution in [2.24, 2.45) is 5.73 Å². The fourth-order valence-electron chi connectivity index (χ4n) is 2.41. The molecule has 1 unspecified atom stereocenters. The lowest BCUT2D eigenvalue weighted by atomic mass is 10.0. The molecule has 2 rings (SSSR count). The molecular formula is C14H21N3O2. The average molecular weight is 263 g/mol. The average Bonchev–Trinajstić information content (AvgIpc) is 2.39. The van der Waals surface area contributed by atoms with Crippen LogP contribution in [0.1, 0.15) is 41.6 Å². The second kappa shape index (κ2) is 6.52. The highest BCUT2D eigenvalue weighted by Crippen LogP contribution is 2.19. The number of hydrogen-bond donors (Lipinski definition) is 2. The number of nitrogens with one attached hydrogen (secondary N) is 1. The first kappa shape index (κ1) is 13.8. The van der Waals surface area contributed by atoms with Crippen LogP contribution in [0.5, 0.6) is 5.88 Å². The summed E-state index contributed by atoms with van der Waals surface area (Å²) >= 11 is 0. The molecule has 1 aliphatic rings. The fourth-order valence-corrected chi connectivity index (χ4v) is 2.41. The van der Waals surface area contributed by atoms with E-state index in [9.17, 15) is 4.79 Å². The molecule has 0 bridgehead atoms. The third kappa shape index (κ3) is 3.67. The van der Waals surface area contributed by atoms with Crippen molar-refractivity contribution < 1.29 is 9.53 Å². The van der Waals surface area contributed by atoms with Crippen molar-refractivity contribution in [3.05, 3.63) is 23.4 Å². The van der Waals surface area contributed by atoms with Crippen molar-refractivity contribution >= 4 is 5.91 Å². The molecule has 1 amide bonds. The molecule has 19 heavy (non-hydrogen) atoms. The van der Waals surface area contributed by atoms with E-state index in [0.717, 1.165) is 18.5 Å². The lowest BCUT2D eigenvalue weighted by Gasteiger charge is -2.23. The Hall–Kier alpha value is -1.62. The van der Waals surface area contributed by atoms with Gasteiger partial charge in [0.15, 0.2) is 0 Å². The van der Waals surface area contributed by atoms with Gasteiger partial charge in [-0.2, -0.15) is 0 Å². The zero-order valence-corrected chi connectivity index (χ0v) is 11.3. The van der Waals surface area contributed by atoms with Crippen LogP contribution in [0.3, 0.4) is 0 Å². The lowest BCUT2D eigenvalue weighted by molar-refractivity contribution is 0.0994. The number of piperidine rings is 1. The van der Waals surface area contributed by atoms with Crippen molar-refractivity contribution in [1.29, 1.82) is 0 Å². The molecule has 5 heteroatoms. The van der Waals surface area contributed by atoms with Crippen LogP contribution in [0.25, 0.3) is 0 Å². The largest absolute Gasteiger partial charge is 0.477 e. The highest BCUT2D eigenvalue weighted by Gasteiger charge is 2.16. The predicted molar refractivity (Wildman–Crippen MR) is 73.2 cm³/mol. The predicted octanol–water partition coefficient (Wildman–Crippen LogP) is 1.40.